The summed E-state index contributed by atoms with van der Waals surface area (Å²) >= 11 is 0. The lowest BCUT2D eigenvalue weighted by Crippen LogP contribution is -2.41. The van der Waals surface area contributed by atoms with Gasteiger partial charge in [0.1, 0.15) is 11.3 Å². The van der Waals surface area contributed by atoms with E-state index in [1.165, 1.54) is 0 Å². The van der Waals surface area contributed by atoms with E-state index in [4.69, 9.17) is 9.26 Å². The lowest BCUT2D eigenvalue weighted by Gasteiger charge is -2.25. The van der Waals surface area contributed by atoms with Gasteiger partial charge in [0.05, 0.1) is 24.4 Å². The summed E-state index contributed by atoms with van der Waals surface area (Å²) in [6.07, 6.45) is 1.21. The number of amides is 2. The zero-order chi connectivity index (χ0) is 15.9. The van der Waals surface area contributed by atoms with Gasteiger partial charge in [-0.15, -0.1) is 0 Å². The number of aryl methyl sites for hydroxylation is 2. The van der Waals surface area contributed by atoms with E-state index in [0.29, 0.717) is 43.1 Å². The van der Waals surface area contributed by atoms with Gasteiger partial charge in [-0.3, -0.25) is 9.59 Å². The molecule has 0 aliphatic carbocycles. The van der Waals surface area contributed by atoms with Crippen LogP contribution in [-0.2, 0) is 9.53 Å². The second kappa shape index (κ2) is 5.72. The highest BCUT2D eigenvalue weighted by Gasteiger charge is 2.48. The van der Waals surface area contributed by atoms with E-state index in [1.54, 1.807) is 21.0 Å². The second-order valence-electron chi connectivity index (χ2n) is 5.91. The molecule has 120 valence electrons. The van der Waals surface area contributed by atoms with Crippen molar-refractivity contribution in [3.8, 4) is 0 Å². The number of hydrogen-bond acceptors (Lipinski definition) is 5. The van der Waals surface area contributed by atoms with Gasteiger partial charge in [0.25, 0.3) is 5.91 Å². The van der Waals surface area contributed by atoms with Crippen LogP contribution < -0.4 is 0 Å². The summed E-state index contributed by atoms with van der Waals surface area (Å²) in [6.45, 7) is 5.28. The molecule has 2 atom stereocenters. The Hall–Kier alpha value is -1.89. The van der Waals surface area contributed by atoms with Gasteiger partial charge in [-0.25, -0.2) is 0 Å². The molecule has 7 nitrogen and oxygen atoms in total. The van der Waals surface area contributed by atoms with Crippen LogP contribution in [0.15, 0.2) is 4.52 Å². The number of ether oxygens (including phenoxy) is 1. The lowest BCUT2D eigenvalue weighted by molar-refractivity contribution is -0.129. The van der Waals surface area contributed by atoms with Crippen molar-refractivity contribution in [2.75, 3.05) is 26.8 Å². The minimum Gasteiger partial charge on any atom is -0.383 e. The molecule has 0 radical (unpaired) electrons. The molecular formula is C15H21N3O4. The van der Waals surface area contributed by atoms with Crippen molar-refractivity contribution in [1.82, 2.24) is 15.0 Å². The molecule has 0 aromatic carbocycles. The topological polar surface area (TPSA) is 75.9 Å². The second-order valence-corrected chi connectivity index (χ2v) is 5.91. The standard InChI is InChI=1S/C15H21N3O4/c1-9-14(10(2)22-16-9)15(20)18-5-4-11-12(18)8-13(19)17(11)6-7-21-3/h11-12H,4-8H2,1-3H3/t11-,12-/m1/s1. The molecule has 0 bridgehead atoms. The van der Waals surface area contributed by atoms with E-state index in [1.807, 2.05) is 9.80 Å². The van der Waals surface area contributed by atoms with Crippen LogP contribution in [0.25, 0.3) is 0 Å². The van der Waals surface area contributed by atoms with Crippen LogP contribution in [-0.4, -0.2) is 65.7 Å². The fourth-order valence-electron chi connectivity index (χ4n) is 3.59. The van der Waals surface area contributed by atoms with Crippen molar-refractivity contribution in [2.24, 2.45) is 0 Å². The van der Waals surface area contributed by atoms with Crippen molar-refractivity contribution in [3.05, 3.63) is 17.0 Å². The molecular weight excluding hydrogens is 286 g/mol. The number of nitrogens with zero attached hydrogens (tertiary/aromatic N) is 3. The van der Waals surface area contributed by atoms with Gasteiger partial charge in [0, 0.05) is 26.6 Å². The summed E-state index contributed by atoms with van der Waals surface area (Å²) in [7, 11) is 1.62. The zero-order valence-corrected chi connectivity index (χ0v) is 13.2. The van der Waals surface area contributed by atoms with Crippen LogP contribution >= 0.6 is 0 Å². The molecule has 0 unspecified atom stereocenters. The Morgan fingerprint density at radius 1 is 1.41 bits per heavy atom. The van der Waals surface area contributed by atoms with Crippen LogP contribution in [0, 0.1) is 13.8 Å². The first-order valence-electron chi connectivity index (χ1n) is 7.56. The van der Waals surface area contributed by atoms with Gasteiger partial charge in [-0.1, -0.05) is 5.16 Å². The third-order valence-electron chi connectivity index (χ3n) is 4.66. The molecule has 2 aliphatic rings. The summed E-state index contributed by atoms with van der Waals surface area (Å²) < 4.78 is 10.2. The average Bonchev–Trinajstić information content (AvgIpc) is 3.11. The van der Waals surface area contributed by atoms with Gasteiger partial charge in [0.2, 0.25) is 5.91 Å². The SMILES string of the molecule is COCCN1C(=O)C[C@@H]2[C@H]1CCN2C(=O)c1c(C)noc1C. The number of aromatic nitrogens is 1. The van der Waals surface area contributed by atoms with Gasteiger partial charge < -0.3 is 19.1 Å². The number of hydrogen-bond donors (Lipinski definition) is 0. The third-order valence-corrected chi connectivity index (χ3v) is 4.66. The zero-order valence-electron chi connectivity index (χ0n) is 13.2. The Balaban J connectivity index is 1.78. The first-order valence-corrected chi connectivity index (χ1v) is 7.56. The van der Waals surface area contributed by atoms with Gasteiger partial charge >= 0.3 is 0 Å². The van der Waals surface area contributed by atoms with Gasteiger partial charge in [0.15, 0.2) is 0 Å². The molecule has 1 aromatic heterocycles. The highest BCUT2D eigenvalue weighted by atomic mass is 16.5. The molecule has 3 heterocycles. The maximum atomic E-state index is 12.8. The Morgan fingerprint density at radius 3 is 2.82 bits per heavy atom. The summed E-state index contributed by atoms with van der Waals surface area (Å²) in [5, 5.41) is 3.85. The largest absolute Gasteiger partial charge is 0.383 e. The predicted octanol–water partition coefficient (Wildman–Crippen LogP) is 0.753. The van der Waals surface area contributed by atoms with E-state index >= 15 is 0 Å². The van der Waals surface area contributed by atoms with Crippen LogP contribution in [0.4, 0.5) is 0 Å². The van der Waals surface area contributed by atoms with Gasteiger partial charge in [-0.05, 0) is 20.3 Å². The van der Waals surface area contributed by atoms with Crippen molar-refractivity contribution in [2.45, 2.75) is 38.8 Å². The van der Waals surface area contributed by atoms with Crippen LogP contribution in [0.5, 0.6) is 0 Å². The number of fused-ring (bicyclic) bond motifs is 1. The predicted molar refractivity (Wildman–Crippen MR) is 77.4 cm³/mol. The van der Waals surface area contributed by atoms with E-state index in [2.05, 4.69) is 5.16 Å². The van der Waals surface area contributed by atoms with E-state index in [-0.39, 0.29) is 23.9 Å². The maximum absolute atomic E-state index is 12.8. The molecule has 0 saturated carbocycles. The number of methoxy groups -OCH3 is 1. The molecule has 7 heteroatoms. The molecule has 2 amide bonds. The van der Waals surface area contributed by atoms with E-state index < -0.39 is 0 Å². The summed E-state index contributed by atoms with van der Waals surface area (Å²) in [5.41, 5.74) is 1.13. The molecule has 1 aromatic rings. The number of likely N-dealkylation sites (tertiary alicyclic amines) is 2. The Bertz CT molecular complexity index is 578. The number of rotatable bonds is 4. The third kappa shape index (κ3) is 2.29. The van der Waals surface area contributed by atoms with Crippen LogP contribution in [0.2, 0.25) is 0 Å². The fraction of sp³-hybridized carbons (Fsp3) is 0.667. The normalized spacial score (nSPS) is 24.2. The quantitative estimate of drug-likeness (QED) is 0.820. The fourth-order valence-corrected chi connectivity index (χ4v) is 3.59. The molecule has 0 N–H and O–H groups in total. The molecule has 0 spiro atoms. The average molecular weight is 307 g/mol. The first kappa shape index (κ1) is 15.0. The molecule has 2 fully saturated rings. The number of carbonyl (C=O) groups excluding carboxylic acids is 2. The van der Waals surface area contributed by atoms with Crippen LogP contribution in [0.1, 0.15) is 34.7 Å². The summed E-state index contributed by atoms with van der Waals surface area (Å²) in [6, 6.07) is 0.0534. The molecule has 3 rings (SSSR count). The minimum atomic E-state index is -0.0786. The number of carbonyl (C=O) groups is 2. The van der Waals surface area contributed by atoms with Gasteiger partial charge in [-0.2, -0.15) is 0 Å². The molecule has 2 saturated heterocycles. The van der Waals surface area contributed by atoms with Crippen molar-refractivity contribution in [3.63, 3.8) is 0 Å². The van der Waals surface area contributed by atoms with E-state index in [9.17, 15) is 9.59 Å². The maximum Gasteiger partial charge on any atom is 0.259 e. The Morgan fingerprint density at radius 2 is 2.18 bits per heavy atom. The van der Waals surface area contributed by atoms with Crippen molar-refractivity contribution < 1.29 is 18.8 Å². The Kier molecular flexibility index (Phi) is 3.90. The highest BCUT2D eigenvalue weighted by Crippen LogP contribution is 2.33. The first-order chi connectivity index (χ1) is 10.5. The minimum absolute atomic E-state index is 0.0504. The lowest BCUT2D eigenvalue weighted by atomic mass is 10.1. The van der Waals surface area contributed by atoms with E-state index in [0.717, 1.165) is 6.42 Å². The smallest absolute Gasteiger partial charge is 0.259 e. The molecule has 2 aliphatic heterocycles. The molecule has 22 heavy (non-hydrogen) atoms. The Labute approximate surface area is 129 Å². The summed E-state index contributed by atoms with van der Waals surface area (Å²) in [4.78, 5) is 28.6. The van der Waals surface area contributed by atoms with Crippen LogP contribution in [0.3, 0.4) is 0 Å². The van der Waals surface area contributed by atoms with Crippen molar-refractivity contribution >= 4 is 11.8 Å². The summed E-state index contributed by atoms with van der Waals surface area (Å²) in [5.74, 6) is 0.556. The van der Waals surface area contributed by atoms with Crippen molar-refractivity contribution in [1.29, 1.82) is 0 Å². The highest BCUT2D eigenvalue weighted by molar-refractivity contribution is 5.97. The monoisotopic (exact) mass is 307 g/mol.